The summed E-state index contributed by atoms with van der Waals surface area (Å²) in [7, 11) is -18.9. The van der Waals surface area contributed by atoms with Gasteiger partial charge in [-0.05, 0) is 95.8 Å². The van der Waals surface area contributed by atoms with Crippen LogP contribution in [0.15, 0.2) is 81.8 Å². The van der Waals surface area contributed by atoms with Gasteiger partial charge >= 0.3 is 88.7 Å². The smallest absolute Gasteiger partial charge is 0.748 e. The largest absolute Gasteiger partial charge is 1.00 e. The van der Waals surface area contributed by atoms with Crippen molar-refractivity contribution in [3.63, 3.8) is 0 Å². The first-order chi connectivity index (χ1) is 23.6. The van der Waals surface area contributed by atoms with Gasteiger partial charge in [0.2, 0.25) is 5.69 Å². The van der Waals surface area contributed by atoms with E-state index in [0.29, 0.717) is 39.5 Å². The fourth-order valence-electron chi connectivity index (χ4n) is 6.25. The minimum atomic E-state index is -4.82. The maximum absolute atomic E-state index is 11.9. The molecule has 0 saturated heterocycles. The van der Waals surface area contributed by atoms with Crippen LogP contribution >= 0.6 is 45.2 Å². The van der Waals surface area contributed by atoms with Crippen LogP contribution in [0.25, 0.3) is 0 Å². The molecule has 2 heterocycles. The molecule has 0 bridgehead atoms. The number of halogens is 2. The van der Waals surface area contributed by atoms with Crippen molar-refractivity contribution in [1.82, 2.24) is 0 Å². The van der Waals surface area contributed by atoms with Crippen LogP contribution in [0.3, 0.4) is 0 Å². The standard InChI is InChI=1S/C32H36I2N2O12S4.3Na/c1-20(8-6-10-29-31(2,3)21-16-27(51(43,44)45)23(33)18-25(21)35(29)12-14-49(37,38)39)9-7-11-30-32(4,5)22-17-28(52(46,47)48)24(34)19-26(22)36(30)13-15-50(40,41)42;;;/h6-11,16-19H,12-15H2,1-5H3,(H3-,37,38,39,40,41,42,43,44,45,46,47,48);;;/q;3*+1/p-3/i33-4,34-3;;;. The molecule has 284 valence electrons. The van der Waals surface area contributed by atoms with Gasteiger partial charge in [-0.2, -0.15) is 4.58 Å². The number of hydrogen-bond acceptors (Lipinski definition) is 13. The minimum absolute atomic E-state index is 0. The Morgan fingerprint density at radius 1 is 0.800 bits per heavy atom. The molecular formula is C32H33I2N2Na3O12S4. The molecule has 0 amide bonds. The first kappa shape index (κ1) is 54.0. The van der Waals surface area contributed by atoms with Crippen molar-refractivity contribution in [3.05, 3.63) is 90.3 Å². The summed E-state index contributed by atoms with van der Waals surface area (Å²) in [6.07, 6.45) is 10.2. The van der Waals surface area contributed by atoms with Crippen LogP contribution in [0, 0.1) is 7.14 Å². The van der Waals surface area contributed by atoms with Gasteiger partial charge in [0.25, 0.3) is 0 Å². The van der Waals surface area contributed by atoms with E-state index < -0.39 is 72.6 Å². The van der Waals surface area contributed by atoms with Crippen molar-refractivity contribution >= 4 is 103 Å². The second-order valence-corrected chi connectivity index (χ2v) is 21.2. The van der Waals surface area contributed by atoms with Crippen LogP contribution in [0.4, 0.5) is 11.4 Å². The molecule has 0 saturated carbocycles. The zero-order valence-corrected chi connectivity index (χ0v) is 44.9. The molecule has 0 fully saturated rings. The average molecular weight is 1080 g/mol. The molecule has 0 atom stereocenters. The zero-order chi connectivity index (χ0) is 39.4. The third kappa shape index (κ3) is 13.0. The van der Waals surface area contributed by atoms with E-state index >= 15 is 0 Å². The molecular weight excluding hydrogens is 1050 g/mol. The third-order valence-corrected chi connectivity index (χ3v) is 14.4. The summed E-state index contributed by atoms with van der Waals surface area (Å²) in [6, 6.07) is 5.49. The van der Waals surface area contributed by atoms with E-state index in [0.717, 1.165) is 0 Å². The molecule has 0 unspecified atom stereocenters. The van der Waals surface area contributed by atoms with Gasteiger partial charge in [0.1, 0.15) is 30.4 Å². The van der Waals surface area contributed by atoms with E-state index in [2.05, 4.69) is 0 Å². The van der Waals surface area contributed by atoms with Gasteiger partial charge in [-0.3, -0.25) is 0 Å². The molecule has 0 aromatic heterocycles. The van der Waals surface area contributed by atoms with Crippen molar-refractivity contribution in [2.45, 2.75) is 55.2 Å². The summed E-state index contributed by atoms with van der Waals surface area (Å²) < 4.78 is 143. The summed E-state index contributed by atoms with van der Waals surface area (Å²) in [4.78, 5) is 0.780. The van der Waals surface area contributed by atoms with Crippen LogP contribution in [0.5, 0.6) is 0 Å². The van der Waals surface area contributed by atoms with E-state index in [1.54, 1.807) is 126 Å². The molecule has 2 aromatic rings. The van der Waals surface area contributed by atoms with Gasteiger partial charge in [0, 0.05) is 48.2 Å². The average Bonchev–Trinajstić information content (AvgIpc) is 3.29. The Hall–Kier alpha value is 0.970. The molecule has 0 N–H and O–H groups in total. The summed E-state index contributed by atoms with van der Waals surface area (Å²) in [5, 5.41) is 0. The Bertz CT molecular complexity index is 2460. The number of nitrogens with zero attached hydrogens (tertiary/aromatic N) is 2. The van der Waals surface area contributed by atoms with Gasteiger partial charge < -0.3 is 23.1 Å². The summed E-state index contributed by atoms with van der Waals surface area (Å²) in [5.74, 6) is -1.45. The predicted octanol–water partition coefficient (Wildman–Crippen LogP) is -5.08. The molecule has 2 aliphatic rings. The third-order valence-electron chi connectivity index (χ3n) is 8.79. The number of benzene rings is 2. The zero-order valence-electron chi connectivity index (χ0n) is 31.3. The number of hydrogen-bond donors (Lipinski definition) is 0. The van der Waals surface area contributed by atoms with E-state index in [9.17, 15) is 51.9 Å². The number of anilines is 1. The minimum Gasteiger partial charge on any atom is -0.748 e. The van der Waals surface area contributed by atoms with Gasteiger partial charge in [0.15, 0.2) is 12.3 Å². The first-order valence-electron chi connectivity index (χ1n) is 15.2. The summed E-state index contributed by atoms with van der Waals surface area (Å²) in [5.41, 5.74) is 1.82. The Labute approximate surface area is 416 Å². The van der Waals surface area contributed by atoms with Crippen molar-refractivity contribution in [2.24, 2.45) is 0 Å². The van der Waals surface area contributed by atoms with E-state index in [1.165, 1.54) is 24.3 Å². The quantitative estimate of drug-likeness (QED) is 0.0638. The van der Waals surface area contributed by atoms with Crippen molar-refractivity contribution in [1.29, 1.82) is 0 Å². The topological polar surface area (TPSA) is 235 Å². The Morgan fingerprint density at radius 2 is 1.35 bits per heavy atom. The molecule has 2 aromatic carbocycles. The maximum atomic E-state index is 11.9. The van der Waals surface area contributed by atoms with E-state index in [1.807, 2.05) is 0 Å². The van der Waals surface area contributed by atoms with Gasteiger partial charge in [-0.1, -0.05) is 43.7 Å². The van der Waals surface area contributed by atoms with Crippen LogP contribution in [-0.4, -0.2) is 86.8 Å². The Balaban J connectivity index is 0.00000504. The van der Waals surface area contributed by atoms with Crippen molar-refractivity contribution in [3.8, 4) is 0 Å². The van der Waals surface area contributed by atoms with Crippen LogP contribution in [0.1, 0.15) is 45.7 Å². The van der Waals surface area contributed by atoms with Crippen molar-refractivity contribution in [2.75, 3.05) is 29.5 Å². The predicted molar refractivity (Wildman–Crippen MR) is 207 cm³/mol. The molecule has 14 nitrogen and oxygen atoms in total. The molecule has 2 aliphatic heterocycles. The molecule has 0 aliphatic carbocycles. The van der Waals surface area contributed by atoms with Gasteiger partial charge in [0.05, 0.1) is 36.8 Å². The van der Waals surface area contributed by atoms with Crippen LogP contribution < -0.4 is 93.6 Å². The maximum Gasteiger partial charge on any atom is 1.00 e. The fraction of sp³-hybridized carbons (Fsp3) is 0.344. The number of rotatable bonds is 12. The van der Waals surface area contributed by atoms with E-state index in [4.69, 9.17) is 0 Å². The molecule has 0 spiro atoms. The normalized spacial score (nSPS) is 17.6. The van der Waals surface area contributed by atoms with Crippen LogP contribution in [-0.2, 0) is 51.3 Å². The molecule has 23 heteroatoms. The monoisotopic (exact) mass is 1080 g/mol. The van der Waals surface area contributed by atoms with Crippen molar-refractivity contribution < 1.29 is 145 Å². The summed E-state index contributed by atoms with van der Waals surface area (Å²) >= 11 is 3.44. The molecule has 4 rings (SSSR count). The van der Waals surface area contributed by atoms with E-state index in [-0.39, 0.29) is 109 Å². The summed E-state index contributed by atoms with van der Waals surface area (Å²) in [6.45, 7) is 8.43. The second-order valence-electron chi connectivity index (χ2n) is 13.2. The Kier molecular flexibility index (Phi) is 19.4. The number of allylic oxidation sites excluding steroid dienone is 8. The second kappa shape index (κ2) is 19.8. The molecule has 0 radical (unpaired) electrons. The van der Waals surface area contributed by atoms with Crippen LogP contribution in [0.2, 0.25) is 0 Å². The SMILES string of the molecule is CC(/C=C/C=C1/N(CCS(=O)(=O)[O-])c2cc([124I])c(S(=O)(=O)[O-])cc2C1(C)C)=C\C=C\C1=[N+](CCS(=O)(=O)[O-])c2cc([123I])c(S(=O)(=O)[O-])cc2C1(C)C.[Na+].[Na+].[Na+]. The fourth-order valence-corrected chi connectivity index (χ4v) is 10.7. The Morgan fingerprint density at radius 3 is 1.87 bits per heavy atom. The molecule has 55 heavy (non-hydrogen) atoms. The number of fused-ring (bicyclic) bond motifs is 2. The van der Waals surface area contributed by atoms with Gasteiger partial charge in [-0.15, -0.1) is 0 Å². The van der Waals surface area contributed by atoms with Gasteiger partial charge in [-0.25, -0.2) is 33.7 Å². The first-order valence-corrected chi connectivity index (χ1v) is 23.3.